The molecule has 3 rings (SSSR count). The average molecular weight is 415 g/mol. The number of nitrogens with one attached hydrogen (secondary N) is 2. The van der Waals surface area contributed by atoms with Crippen LogP contribution in [0, 0.1) is 5.92 Å². The Hall–Kier alpha value is -3.15. The number of carboxylic acid groups (broad SMARTS) is 1. The summed E-state index contributed by atoms with van der Waals surface area (Å²) in [5.74, 6) is -3.12. The van der Waals surface area contributed by atoms with Crippen LogP contribution in [-0.4, -0.2) is 63.3 Å². The maximum atomic E-state index is 12.3. The molecule has 2 amide bonds. The van der Waals surface area contributed by atoms with Crippen molar-refractivity contribution in [1.82, 2.24) is 15.1 Å². The second kappa shape index (κ2) is 8.90. The van der Waals surface area contributed by atoms with E-state index in [0.29, 0.717) is 19.5 Å². The van der Waals surface area contributed by atoms with E-state index < -0.39 is 18.2 Å². The number of carbonyl (C=O) groups excluding carboxylic acids is 2. The first-order chi connectivity index (χ1) is 13.5. The van der Waals surface area contributed by atoms with Gasteiger partial charge in [-0.05, 0) is 31.5 Å². The van der Waals surface area contributed by atoms with Gasteiger partial charge in [0.1, 0.15) is 0 Å². The monoisotopic (exact) mass is 415 g/mol. The van der Waals surface area contributed by atoms with E-state index in [4.69, 9.17) is 15.6 Å². The number of nitrogens with two attached hydrogens (primary N) is 1. The van der Waals surface area contributed by atoms with Crippen molar-refractivity contribution in [2.45, 2.75) is 25.6 Å². The van der Waals surface area contributed by atoms with Crippen LogP contribution >= 0.6 is 0 Å². The van der Waals surface area contributed by atoms with Gasteiger partial charge in [-0.3, -0.25) is 14.7 Å². The SMILES string of the molecule is C[C@@H](N)C(=O)N1CCC(C(=O)Nc2ccc3[nH]ncc3c2)C1.O=C(O)C(F)(F)F. The topological polar surface area (TPSA) is 141 Å². The largest absolute Gasteiger partial charge is 0.490 e. The van der Waals surface area contributed by atoms with Gasteiger partial charge in [0.2, 0.25) is 11.8 Å². The number of rotatable bonds is 3. The molecule has 12 heteroatoms. The molecule has 5 N–H and O–H groups in total. The summed E-state index contributed by atoms with van der Waals surface area (Å²) in [5, 5.41) is 17.8. The smallest absolute Gasteiger partial charge is 0.475 e. The van der Waals surface area contributed by atoms with Crippen LogP contribution in [0.2, 0.25) is 0 Å². The Balaban J connectivity index is 0.000000370. The predicted molar refractivity (Wildman–Crippen MR) is 96.8 cm³/mol. The fraction of sp³-hybridized carbons (Fsp3) is 0.412. The molecule has 1 aliphatic heterocycles. The van der Waals surface area contributed by atoms with Crippen molar-refractivity contribution < 1.29 is 32.7 Å². The first-order valence-electron chi connectivity index (χ1n) is 8.57. The third-order valence-electron chi connectivity index (χ3n) is 4.21. The third kappa shape index (κ3) is 5.91. The molecule has 2 atom stereocenters. The molecule has 29 heavy (non-hydrogen) atoms. The first kappa shape index (κ1) is 22.1. The van der Waals surface area contributed by atoms with E-state index in [9.17, 15) is 22.8 Å². The summed E-state index contributed by atoms with van der Waals surface area (Å²) in [5.41, 5.74) is 7.26. The molecule has 0 spiro atoms. The molecule has 0 saturated carbocycles. The fourth-order valence-electron chi connectivity index (χ4n) is 2.73. The Labute approximate surface area is 163 Å². The van der Waals surface area contributed by atoms with Gasteiger partial charge in [0.25, 0.3) is 0 Å². The Morgan fingerprint density at radius 1 is 1.38 bits per heavy atom. The van der Waals surface area contributed by atoms with Crippen LogP contribution in [0.25, 0.3) is 10.9 Å². The minimum absolute atomic E-state index is 0.0668. The first-order valence-corrected chi connectivity index (χ1v) is 8.57. The molecule has 1 aliphatic rings. The number of aliphatic carboxylic acids is 1. The van der Waals surface area contributed by atoms with E-state index in [0.717, 1.165) is 16.6 Å². The minimum Gasteiger partial charge on any atom is -0.475 e. The molecule has 9 nitrogen and oxygen atoms in total. The van der Waals surface area contributed by atoms with Gasteiger partial charge in [-0.2, -0.15) is 18.3 Å². The number of fused-ring (bicyclic) bond motifs is 1. The van der Waals surface area contributed by atoms with Gasteiger partial charge in [-0.1, -0.05) is 0 Å². The van der Waals surface area contributed by atoms with Crippen molar-refractivity contribution in [2.24, 2.45) is 11.7 Å². The lowest BCUT2D eigenvalue weighted by atomic mass is 10.1. The molecule has 1 aromatic heterocycles. The molecule has 1 aromatic carbocycles. The molecule has 1 unspecified atom stereocenters. The van der Waals surface area contributed by atoms with Crippen molar-refractivity contribution in [1.29, 1.82) is 0 Å². The van der Waals surface area contributed by atoms with E-state index in [1.54, 1.807) is 18.0 Å². The Morgan fingerprint density at radius 3 is 2.62 bits per heavy atom. The zero-order valence-corrected chi connectivity index (χ0v) is 15.4. The summed E-state index contributed by atoms with van der Waals surface area (Å²) in [7, 11) is 0. The van der Waals surface area contributed by atoms with Gasteiger partial charge >= 0.3 is 12.1 Å². The van der Waals surface area contributed by atoms with E-state index in [2.05, 4.69) is 15.5 Å². The highest BCUT2D eigenvalue weighted by molar-refractivity contribution is 5.95. The summed E-state index contributed by atoms with van der Waals surface area (Å²) in [6.45, 7) is 2.68. The van der Waals surface area contributed by atoms with Crippen LogP contribution in [0.4, 0.5) is 18.9 Å². The molecule has 158 valence electrons. The number of halogens is 3. The molecule has 1 saturated heterocycles. The second-order valence-electron chi connectivity index (χ2n) is 6.52. The lowest BCUT2D eigenvalue weighted by Crippen LogP contribution is -2.41. The lowest BCUT2D eigenvalue weighted by molar-refractivity contribution is -0.192. The summed E-state index contributed by atoms with van der Waals surface area (Å²) < 4.78 is 31.7. The highest BCUT2D eigenvalue weighted by Crippen LogP contribution is 2.21. The van der Waals surface area contributed by atoms with Crippen LogP contribution in [0.3, 0.4) is 0 Å². The number of carbonyl (C=O) groups is 3. The lowest BCUT2D eigenvalue weighted by Gasteiger charge is -2.18. The number of H-pyrrole nitrogens is 1. The van der Waals surface area contributed by atoms with Crippen LogP contribution in [0.15, 0.2) is 24.4 Å². The number of alkyl halides is 3. The van der Waals surface area contributed by atoms with Crippen molar-refractivity contribution in [2.75, 3.05) is 18.4 Å². The van der Waals surface area contributed by atoms with Gasteiger partial charge < -0.3 is 21.1 Å². The van der Waals surface area contributed by atoms with E-state index in [1.807, 2.05) is 18.2 Å². The van der Waals surface area contributed by atoms with Crippen LogP contribution in [0.1, 0.15) is 13.3 Å². The predicted octanol–water partition coefficient (Wildman–Crippen LogP) is 1.33. The Morgan fingerprint density at radius 2 is 2.03 bits per heavy atom. The number of anilines is 1. The number of aromatic nitrogens is 2. The molecular formula is C17H20F3N5O4. The molecule has 2 aromatic rings. The Bertz CT molecular complexity index is 897. The van der Waals surface area contributed by atoms with Crippen LogP contribution < -0.4 is 11.1 Å². The maximum Gasteiger partial charge on any atom is 0.490 e. The number of hydrogen-bond donors (Lipinski definition) is 4. The van der Waals surface area contributed by atoms with Crippen LogP contribution in [0.5, 0.6) is 0 Å². The van der Waals surface area contributed by atoms with E-state index in [-0.39, 0.29) is 17.7 Å². The highest BCUT2D eigenvalue weighted by Gasteiger charge is 2.38. The molecule has 2 heterocycles. The minimum atomic E-state index is -5.08. The van der Waals surface area contributed by atoms with Gasteiger partial charge in [0.05, 0.1) is 23.7 Å². The molecule has 0 aliphatic carbocycles. The van der Waals surface area contributed by atoms with E-state index >= 15 is 0 Å². The van der Waals surface area contributed by atoms with Gasteiger partial charge in [-0.25, -0.2) is 4.79 Å². The standard InChI is InChI=1S/C15H19N5O2.C2HF3O2/c1-9(16)15(22)20-5-4-10(8-20)14(21)18-12-2-3-13-11(6-12)7-17-19-13;3-2(4,5)1(6)7/h2-3,6-7,9-10H,4-5,8,16H2,1H3,(H,17,19)(H,18,21);(H,6,7)/t9-,10?;/m1./s1. The highest BCUT2D eigenvalue weighted by atomic mass is 19.4. The summed E-state index contributed by atoms with van der Waals surface area (Å²) >= 11 is 0. The number of hydrogen-bond acceptors (Lipinski definition) is 5. The normalized spacial score (nSPS) is 17.4. The summed E-state index contributed by atoms with van der Waals surface area (Å²) in [4.78, 5) is 34.7. The van der Waals surface area contributed by atoms with E-state index in [1.165, 1.54) is 0 Å². The van der Waals surface area contributed by atoms with Crippen molar-refractivity contribution in [3.05, 3.63) is 24.4 Å². The fourth-order valence-corrected chi connectivity index (χ4v) is 2.73. The number of likely N-dealkylation sites (tertiary alicyclic amines) is 1. The van der Waals surface area contributed by atoms with Crippen molar-refractivity contribution >= 4 is 34.4 Å². The third-order valence-corrected chi connectivity index (χ3v) is 4.21. The number of amides is 2. The zero-order valence-electron chi connectivity index (χ0n) is 15.4. The summed E-state index contributed by atoms with van der Waals surface area (Å²) in [6.07, 6.45) is -2.71. The number of benzene rings is 1. The molecule has 1 fully saturated rings. The number of carboxylic acids is 1. The van der Waals surface area contributed by atoms with Crippen molar-refractivity contribution in [3.8, 4) is 0 Å². The zero-order chi connectivity index (χ0) is 21.8. The Kier molecular flexibility index (Phi) is 6.80. The van der Waals surface area contributed by atoms with Gasteiger partial charge in [0, 0.05) is 24.2 Å². The van der Waals surface area contributed by atoms with Crippen molar-refractivity contribution in [3.63, 3.8) is 0 Å². The van der Waals surface area contributed by atoms with Gasteiger partial charge in [-0.15, -0.1) is 0 Å². The van der Waals surface area contributed by atoms with Crippen LogP contribution in [-0.2, 0) is 14.4 Å². The summed E-state index contributed by atoms with van der Waals surface area (Å²) in [6, 6.07) is 5.05. The maximum absolute atomic E-state index is 12.3. The molecular weight excluding hydrogens is 395 g/mol. The number of nitrogens with zero attached hydrogens (tertiary/aromatic N) is 2. The van der Waals surface area contributed by atoms with Gasteiger partial charge in [0.15, 0.2) is 0 Å². The quantitative estimate of drug-likeness (QED) is 0.596. The second-order valence-corrected chi connectivity index (χ2v) is 6.52. The molecule has 0 radical (unpaired) electrons. The average Bonchev–Trinajstić information content (AvgIpc) is 3.29. The number of aromatic amines is 1. The molecule has 0 bridgehead atoms.